The van der Waals surface area contributed by atoms with Gasteiger partial charge < -0.3 is 14.4 Å². The summed E-state index contributed by atoms with van der Waals surface area (Å²) in [6.45, 7) is 6.94. The third-order valence-electron chi connectivity index (χ3n) is 5.86. The standard InChI is InChI=1S/C27H31N3O4S/c1-3-25-26(21(2)29-35(31,32)19-13-22-8-5-4-6-9-22)12-14-28-27(25)34-24-11-7-10-23(20-24)30-15-17-33-18-16-30/h4-14,19-21,29H,3,15-18H2,1-2H3. The van der Waals surface area contributed by atoms with Gasteiger partial charge in [-0.3, -0.25) is 0 Å². The molecule has 35 heavy (non-hydrogen) atoms. The minimum atomic E-state index is -3.65. The maximum absolute atomic E-state index is 12.7. The van der Waals surface area contributed by atoms with Crippen LogP contribution in [0.2, 0.25) is 0 Å². The molecule has 0 amide bonds. The quantitative estimate of drug-likeness (QED) is 0.456. The average Bonchev–Trinajstić information content (AvgIpc) is 2.88. The maximum atomic E-state index is 12.7. The Kier molecular flexibility index (Phi) is 8.17. The van der Waals surface area contributed by atoms with Crippen molar-refractivity contribution in [2.45, 2.75) is 26.3 Å². The number of hydrogen-bond acceptors (Lipinski definition) is 6. The van der Waals surface area contributed by atoms with E-state index in [4.69, 9.17) is 9.47 Å². The van der Waals surface area contributed by atoms with E-state index < -0.39 is 16.1 Å². The van der Waals surface area contributed by atoms with Crippen molar-refractivity contribution in [1.82, 2.24) is 9.71 Å². The summed E-state index contributed by atoms with van der Waals surface area (Å²) < 4.78 is 39.8. The van der Waals surface area contributed by atoms with Crippen LogP contribution in [0.15, 0.2) is 72.3 Å². The van der Waals surface area contributed by atoms with Gasteiger partial charge in [0.25, 0.3) is 0 Å². The molecule has 184 valence electrons. The fraction of sp³-hybridized carbons (Fsp3) is 0.296. The first-order valence-electron chi connectivity index (χ1n) is 11.8. The molecule has 0 radical (unpaired) electrons. The van der Waals surface area contributed by atoms with Gasteiger partial charge in [0.05, 0.1) is 13.2 Å². The lowest BCUT2D eigenvalue weighted by Crippen LogP contribution is -2.36. The molecule has 1 aliphatic heterocycles. The Morgan fingerprint density at radius 1 is 1.11 bits per heavy atom. The first-order valence-corrected chi connectivity index (χ1v) is 13.3. The van der Waals surface area contributed by atoms with Crippen LogP contribution >= 0.6 is 0 Å². The molecule has 1 unspecified atom stereocenters. The van der Waals surface area contributed by atoms with Gasteiger partial charge >= 0.3 is 0 Å². The fourth-order valence-electron chi connectivity index (χ4n) is 4.09. The predicted octanol–water partition coefficient (Wildman–Crippen LogP) is 4.92. The summed E-state index contributed by atoms with van der Waals surface area (Å²) in [4.78, 5) is 6.72. The zero-order valence-electron chi connectivity index (χ0n) is 20.1. The Morgan fingerprint density at radius 3 is 2.63 bits per heavy atom. The molecule has 2 heterocycles. The summed E-state index contributed by atoms with van der Waals surface area (Å²) in [5, 5.41) is 1.19. The van der Waals surface area contributed by atoms with Crippen LogP contribution in [0.1, 0.15) is 36.6 Å². The summed E-state index contributed by atoms with van der Waals surface area (Å²) >= 11 is 0. The van der Waals surface area contributed by atoms with Crippen LogP contribution in [0.25, 0.3) is 6.08 Å². The molecule has 1 N–H and O–H groups in total. The lowest BCUT2D eigenvalue weighted by molar-refractivity contribution is 0.122. The van der Waals surface area contributed by atoms with Gasteiger partial charge in [0.1, 0.15) is 5.75 Å². The number of morpholine rings is 1. The van der Waals surface area contributed by atoms with Crippen molar-refractivity contribution in [2.24, 2.45) is 0 Å². The first kappa shape index (κ1) is 24.9. The van der Waals surface area contributed by atoms with Gasteiger partial charge in [0, 0.05) is 48.1 Å². The third-order valence-corrected chi connectivity index (χ3v) is 7.04. The van der Waals surface area contributed by atoms with Crippen LogP contribution in [0.5, 0.6) is 11.6 Å². The van der Waals surface area contributed by atoms with Gasteiger partial charge in [-0.15, -0.1) is 0 Å². The SMILES string of the molecule is CCc1c(C(C)NS(=O)(=O)C=Cc2ccccc2)ccnc1Oc1cccc(N2CCOCC2)c1. The average molecular weight is 494 g/mol. The molecule has 0 spiro atoms. The largest absolute Gasteiger partial charge is 0.439 e. The molecule has 0 saturated carbocycles. The second kappa shape index (κ2) is 11.5. The van der Waals surface area contributed by atoms with Crippen molar-refractivity contribution in [1.29, 1.82) is 0 Å². The third kappa shape index (κ3) is 6.69. The highest BCUT2D eigenvalue weighted by atomic mass is 32.2. The number of hydrogen-bond donors (Lipinski definition) is 1. The highest BCUT2D eigenvalue weighted by Gasteiger charge is 2.19. The molecule has 0 aliphatic carbocycles. The van der Waals surface area contributed by atoms with Crippen molar-refractivity contribution in [2.75, 3.05) is 31.2 Å². The summed E-state index contributed by atoms with van der Waals surface area (Å²) in [6.07, 6.45) is 3.88. The molecule has 1 atom stereocenters. The lowest BCUT2D eigenvalue weighted by atomic mass is 10.0. The van der Waals surface area contributed by atoms with Crippen LogP contribution in [0.4, 0.5) is 5.69 Å². The number of benzene rings is 2. The van der Waals surface area contributed by atoms with Crippen LogP contribution in [0.3, 0.4) is 0 Å². The van der Waals surface area contributed by atoms with Gasteiger partial charge in [-0.1, -0.05) is 43.3 Å². The molecule has 1 saturated heterocycles. The molecular formula is C27H31N3O4S. The van der Waals surface area contributed by atoms with E-state index in [0.717, 1.165) is 35.5 Å². The summed E-state index contributed by atoms with van der Waals surface area (Å²) in [6, 6.07) is 18.6. The number of pyridine rings is 1. The van der Waals surface area contributed by atoms with E-state index in [9.17, 15) is 8.42 Å². The smallest absolute Gasteiger partial charge is 0.234 e. The van der Waals surface area contributed by atoms with Crippen molar-refractivity contribution in [3.8, 4) is 11.6 Å². The second-order valence-electron chi connectivity index (χ2n) is 8.33. The van der Waals surface area contributed by atoms with Gasteiger partial charge in [-0.05, 0) is 48.7 Å². The van der Waals surface area contributed by atoms with E-state index in [1.807, 2.05) is 68.4 Å². The molecule has 7 nitrogen and oxygen atoms in total. The van der Waals surface area contributed by atoms with E-state index in [1.54, 1.807) is 12.3 Å². The predicted molar refractivity (Wildman–Crippen MR) is 139 cm³/mol. The molecule has 0 bridgehead atoms. The summed E-state index contributed by atoms with van der Waals surface area (Å²) in [5.74, 6) is 1.17. The van der Waals surface area contributed by atoms with Crippen molar-refractivity contribution in [3.63, 3.8) is 0 Å². The molecule has 1 aromatic heterocycles. The van der Waals surface area contributed by atoms with Crippen molar-refractivity contribution in [3.05, 3.63) is 89.0 Å². The number of sulfonamides is 1. The van der Waals surface area contributed by atoms with Gasteiger partial charge in [-0.25, -0.2) is 18.1 Å². The lowest BCUT2D eigenvalue weighted by Gasteiger charge is -2.29. The van der Waals surface area contributed by atoms with Crippen LogP contribution in [0, 0.1) is 0 Å². The van der Waals surface area contributed by atoms with Crippen molar-refractivity contribution < 1.29 is 17.9 Å². The van der Waals surface area contributed by atoms with Gasteiger partial charge in [0.15, 0.2) is 0 Å². The van der Waals surface area contributed by atoms with Gasteiger partial charge in [0.2, 0.25) is 15.9 Å². The fourth-order valence-corrected chi connectivity index (χ4v) is 5.13. The van der Waals surface area contributed by atoms with E-state index in [1.165, 1.54) is 5.41 Å². The minimum absolute atomic E-state index is 0.458. The van der Waals surface area contributed by atoms with E-state index in [0.29, 0.717) is 31.3 Å². The first-order chi connectivity index (χ1) is 16.9. The number of nitrogens with one attached hydrogen (secondary N) is 1. The molecule has 4 rings (SSSR count). The maximum Gasteiger partial charge on any atom is 0.234 e. The molecule has 3 aromatic rings. The number of nitrogens with zero attached hydrogens (tertiary/aromatic N) is 2. The van der Waals surface area contributed by atoms with E-state index in [-0.39, 0.29) is 0 Å². The minimum Gasteiger partial charge on any atom is -0.439 e. The Labute approximate surface area is 207 Å². The topological polar surface area (TPSA) is 80.8 Å². The van der Waals surface area contributed by atoms with Crippen LogP contribution in [-0.4, -0.2) is 39.7 Å². The number of aromatic nitrogens is 1. The molecule has 8 heteroatoms. The monoisotopic (exact) mass is 493 g/mol. The van der Waals surface area contributed by atoms with E-state index >= 15 is 0 Å². The normalized spacial score (nSPS) is 15.3. The zero-order chi connectivity index (χ0) is 24.7. The Morgan fingerprint density at radius 2 is 1.89 bits per heavy atom. The summed E-state index contributed by atoms with van der Waals surface area (Å²) in [5.41, 5.74) is 3.59. The molecular weight excluding hydrogens is 462 g/mol. The highest BCUT2D eigenvalue weighted by Crippen LogP contribution is 2.31. The van der Waals surface area contributed by atoms with Gasteiger partial charge in [-0.2, -0.15) is 0 Å². The molecule has 2 aromatic carbocycles. The Hall–Kier alpha value is -3.20. The highest BCUT2D eigenvalue weighted by molar-refractivity contribution is 7.92. The van der Waals surface area contributed by atoms with E-state index in [2.05, 4.69) is 20.7 Å². The van der Waals surface area contributed by atoms with Crippen molar-refractivity contribution >= 4 is 21.8 Å². The number of rotatable bonds is 9. The van der Waals surface area contributed by atoms with Crippen LogP contribution in [-0.2, 0) is 21.2 Å². The zero-order valence-corrected chi connectivity index (χ0v) is 20.9. The Bertz CT molecular complexity index is 1260. The number of ether oxygens (including phenoxy) is 2. The second-order valence-corrected chi connectivity index (χ2v) is 9.93. The number of anilines is 1. The molecule has 1 aliphatic rings. The Balaban J connectivity index is 1.51. The molecule has 1 fully saturated rings. The van der Waals surface area contributed by atoms with Crippen LogP contribution < -0.4 is 14.4 Å². The summed E-state index contributed by atoms with van der Waals surface area (Å²) in [7, 11) is -3.65.